The van der Waals surface area contributed by atoms with Crippen LogP contribution in [0.1, 0.15) is 52.1 Å². The maximum Gasteiger partial charge on any atom is 0.191 e. The van der Waals surface area contributed by atoms with Crippen LogP contribution in [-0.4, -0.2) is 30.8 Å². The van der Waals surface area contributed by atoms with Crippen LogP contribution in [0.2, 0.25) is 0 Å². The minimum Gasteiger partial charge on any atom is -0.396 e. The number of aliphatic hydroxyl groups is 1. The minimum atomic E-state index is 0. The molecule has 1 aromatic carbocycles. The molecule has 24 heavy (non-hydrogen) atoms. The first-order valence-electron chi connectivity index (χ1n) is 8.77. The molecule has 0 saturated heterocycles. The van der Waals surface area contributed by atoms with E-state index in [0.29, 0.717) is 11.8 Å². The van der Waals surface area contributed by atoms with E-state index in [1.807, 2.05) is 6.07 Å². The van der Waals surface area contributed by atoms with E-state index in [2.05, 4.69) is 62.6 Å². The van der Waals surface area contributed by atoms with Crippen LogP contribution in [0.4, 0.5) is 0 Å². The number of hydrogen-bond donors (Lipinski definition) is 3. The van der Waals surface area contributed by atoms with E-state index in [0.717, 1.165) is 31.9 Å². The van der Waals surface area contributed by atoms with E-state index in [9.17, 15) is 5.11 Å². The Labute approximate surface area is 164 Å². The van der Waals surface area contributed by atoms with Crippen LogP contribution in [-0.2, 0) is 0 Å². The van der Waals surface area contributed by atoms with E-state index in [4.69, 9.17) is 4.99 Å². The molecule has 0 amide bonds. The molecule has 2 atom stereocenters. The summed E-state index contributed by atoms with van der Waals surface area (Å²) in [5, 5.41) is 16.0. The van der Waals surface area contributed by atoms with Gasteiger partial charge in [-0.15, -0.1) is 24.0 Å². The second kappa shape index (κ2) is 13.5. The van der Waals surface area contributed by atoms with Gasteiger partial charge in [0.05, 0.1) is 6.04 Å². The van der Waals surface area contributed by atoms with Crippen molar-refractivity contribution in [1.29, 1.82) is 0 Å². The molecule has 0 aliphatic heterocycles. The summed E-state index contributed by atoms with van der Waals surface area (Å²) in [6.45, 7) is 10.5. The molecule has 0 aliphatic rings. The zero-order valence-electron chi connectivity index (χ0n) is 15.5. The van der Waals surface area contributed by atoms with Crippen molar-refractivity contribution in [1.82, 2.24) is 10.6 Å². The average molecular weight is 447 g/mol. The monoisotopic (exact) mass is 447 g/mol. The van der Waals surface area contributed by atoms with Gasteiger partial charge in [0.2, 0.25) is 0 Å². The highest BCUT2D eigenvalue weighted by atomic mass is 127. The number of nitrogens with zero attached hydrogens (tertiary/aromatic N) is 1. The maximum absolute atomic E-state index is 9.23. The third kappa shape index (κ3) is 9.47. The number of aliphatic hydroxyl groups excluding tert-OH is 1. The summed E-state index contributed by atoms with van der Waals surface area (Å²) < 4.78 is 0. The molecule has 1 rings (SSSR count). The van der Waals surface area contributed by atoms with Crippen molar-refractivity contribution in [2.24, 2.45) is 16.8 Å². The average Bonchev–Trinajstić information content (AvgIpc) is 2.53. The Kier molecular flexibility index (Phi) is 13.0. The SMILES string of the molecule is CCNC(=NCC(CCO)CC(C)C)NC(C)c1ccccc1.I. The number of aliphatic imine (C=N–C) groups is 1. The molecule has 2 unspecified atom stereocenters. The fraction of sp³-hybridized carbons (Fsp3) is 0.632. The van der Waals surface area contributed by atoms with E-state index in [-0.39, 0.29) is 36.6 Å². The standard InChI is InChI=1S/C19H33N3O.HI/c1-5-20-19(21-14-17(11-12-23)13-15(2)3)22-16(4)18-9-7-6-8-10-18;/h6-10,15-17,23H,5,11-14H2,1-4H3,(H2,20,21,22);1H. The van der Waals surface area contributed by atoms with E-state index in [1.54, 1.807) is 0 Å². The Balaban J connectivity index is 0.00000529. The lowest BCUT2D eigenvalue weighted by Crippen LogP contribution is -2.39. The lowest BCUT2D eigenvalue weighted by Gasteiger charge is -2.20. The molecule has 0 saturated carbocycles. The molecule has 0 fully saturated rings. The van der Waals surface area contributed by atoms with Crippen LogP contribution in [0.25, 0.3) is 0 Å². The molecule has 5 heteroatoms. The van der Waals surface area contributed by atoms with Crippen LogP contribution >= 0.6 is 24.0 Å². The molecule has 0 heterocycles. The van der Waals surface area contributed by atoms with Crippen molar-refractivity contribution in [3.63, 3.8) is 0 Å². The lowest BCUT2D eigenvalue weighted by atomic mass is 9.94. The van der Waals surface area contributed by atoms with Crippen LogP contribution < -0.4 is 10.6 Å². The van der Waals surface area contributed by atoms with Crippen LogP contribution in [0.3, 0.4) is 0 Å². The normalized spacial score (nSPS) is 14.0. The zero-order chi connectivity index (χ0) is 17.1. The third-order valence-electron chi connectivity index (χ3n) is 3.85. The fourth-order valence-electron chi connectivity index (χ4n) is 2.70. The molecular weight excluding hydrogens is 413 g/mol. The molecule has 0 aromatic heterocycles. The first-order chi connectivity index (χ1) is 11.1. The van der Waals surface area contributed by atoms with Gasteiger partial charge < -0.3 is 15.7 Å². The molecule has 0 radical (unpaired) electrons. The molecule has 4 nitrogen and oxygen atoms in total. The lowest BCUT2D eigenvalue weighted by molar-refractivity contribution is 0.245. The van der Waals surface area contributed by atoms with Gasteiger partial charge in [0.25, 0.3) is 0 Å². The van der Waals surface area contributed by atoms with Gasteiger partial charge in [0, 0.05) is 19.7 Å². The number of guanidine groups is 1. The number of benzene rings is 1. The zero-order valence-corrected chi connectivity index (χ0v) is 17.8. The van der Waals surface area contributed by atoms with E-state index >= 15 is 0 Å². The number of hydrogen-bond acceptors (Lipinski definition) is 2. The molecule has 0 bridgehead atoms. The quantitative estimate of drug-likeness (QED) is 0.305. The summed E-state index contributed by atoms with van der Waals surface area (Å²) in [6.07, 6.45) is 1.91. The Morgan fingerprint density at radius 1 is 1.17 bits per heavy atom. The summed E-state index contributed by atoms with van der Waals surface area (Å²) in [7, 11) is 0. The van der Waals surface area contributed by atoms with Crippen molar-refractivity contribution in [3.8, 4) is 0 Å². The molecule has 3 N–H and O–H groups in total. The van der Waals surface area contributed by atoms with Gasteiger partial charge in [-0.25, -0.2) is 0 Å². The largest absolute Gasteiger partial charge is 0.396 e. The molecule has 1 aromatic rings. The first-order valence-corrected chi connectivity index (χ1v) is 8.77. The Bertz CT molecular complexity index is 451. The summed E-state index contributed by atoms with van der Waals surface area (Å²) in [4.78, 5) is 4.73. The van der Waals surface area contributed by atoms with Crippen molar-refractivity contribution < 1.29 is 5.11 Å². The molecule has 0 aliphatic carbocycles. The smallest absolute Gasteiger partial charge is 0.191 e. The van der Waals surface area contributed by atoms with Crippen molar-refractivity contribution >= 4 is 29.9 Å². The Morgan fingerprint density at radius 2 is 1.83 bits per heavy atom. The molecule has 138 valence electrons. The van der Waals surface area contributed by atoms with Crippen molar-refractivity contribution in [2.75, 3.05) is 19.7 Å². The second-order valence-corrected chi connectivity index (χ2v) is 6.50. The summed E-state index contributed by atoms with van der Waals surface area (Å²) >= 11 is 0. The van der Waals surface area contributed by atoms with Gasteiger partial charge in [-0.05, 0) is 44.1 Å². The predicted octanol–water partition coefficient (Wildman–Crippen LogP) is 3.97. The van der Waals surface area contributed by atoms with Crippen LogP contribution in [0.5, 0.6) is 0 Å². The number of nitrogens with one attached hydrogen (secondary N) is 2. The highest BCUT2D eigenvalue weighted by Gasteiger charge is 2.12. The highest BCUT2D eigenvalue weighted by Crippen LogP contribution is 2.16. The van der Waals surface area contributed by atoms with Gasteiger partial charge in [-0.2, -0.15) is 0 Å². The van der Waals surface area contributed by atoms with E-state index < -0.39 is 0 Å². The minimum absolute atomic E-state index is 0. The van der Waals surface area contributed by atoms with Crippen LogP contribution in [0, 0.1) is 11.8 Å². The maximum atomic E-state index is 9.23. The summed E-state index contributed by atoms with van der Waals surface area (Å²) in [6, 6.07) is 10.6. The topological polar surface area (TPSA) is 56.7 Å². The van der Waals surface area contributed by atoms with Gasteiger partial charge in [0.1, 0.15) is 0 Å². The van der Waals surface area contributed by atoms with Crippen molar-refractivity contribution in [2.45, 2.75) is 46.6 Å². The number of rotatable bonds is 9. The molecule has 0 spiro atoms. The van der Waals surface area contributed by atoms with Crippen LogP contribution in [0.15, 0.2) is 35.3 Å². The summed E-state index contributed by atoms with van der Waals surface area (Å²) in [5.41, 5.74) is 1.24. The first kappa shape index (κ1) is 23.2. The predicted molar refractivity (Wildman–Crippen MR) is 114 cm³/mol. The van der Waals surface area contributed by atoms with Gasteiger partial charge in [0.15, 0.2) is 5.96 Å². The van der Waals surface area contributed by atoms with Gasteiger partial charge in [-0.3, -0.25) is 4.99 Å². The number of halogens is 1. The second-order valence-electron chi connectivity index (χ2n) is 6.50. The Hall–Kier alpha value is -0.820. The fourth-order valence-corrected chi connectivity index (χ4v) is 2.70. The van der Waals surface area contributed by atoms with Crippen molar-refractivity contribution in [3.05, 3.63) is 35.9 Å². The van der Waals surface area contributed by atoms with Gasteiger partial charge >= 0.3 is 0 Å². The third-order valence-corrected chi connectivity index (χ3v) is 3.85. The highest BCUT2D eigenvalue weighted by molar-refractivity contribution is 14.0. The molecular formula is C19H34IN3O. The summed E-state index contributed by atoms with van der Waals surface area (Å²) in [5.74, 6) is 1.90. The van der Waals surface area contributed by atoms with Gasteiger partial charge in [-0.1, -0.05) is 44.2 Å². The Morgan fingerprint density at radius 3 is 2.38 bits per heavy atom. The van der Waals surface area contributed by atoms with E-state index in [1.165, 1.54) is 5.56 Å².